The van der Waals surface area contributed by atoms with E-state index in [-0.39, 0.29) is 6.54 Å². The van der Waals surface area contributed by atoms with Crippen LogP contribution >= 0.6 is 0 Å². The summed E-state index contributed by atoms with van der Waals surface area (Å²) in [5, 5.41) is 2.39. The van der Waals surface area contributed by atoms with Crippen molar-refractivity contribution < 1.29 is 22.7 Å². The molecule has 0 aliphatic rings. The minimum atomic E-state index is -3.59. The topological polar surface area (TPSA) is 84.9 Å². The van der Waals surface area contributed by atoms with Crippen LogP contribution in [0, 0.1) is 0 Å². The van der Waals surface area contributed by atoms with Crippen molar-refractivity contribution in [3.05, 3.63) is 18.2 Å². The fourth-order valence-corrected chi connectivity index (χ4v) is 2.44. The number of sulfonamides is 1. The van der Waals surface area contributed by atoms with Crippen molar-refractivity contribution in [1.29, 1.82) is 0 Å². The summed E-state index contributed by atoms with van der Waals surface area (Å²) in [5.74, 6) is 0.449. The highest BCUT2D eigenvalue weighted by molar-refractivity contribution is 7.92. The van der Waals surface area contributed by atoms with Gasteiger partial charge >= 0.3 is 0 Å². The third-order valence-corrected chi connectivity index (χ3v) is 3.76. The normalized spacial score (nSPS) is 10.8. The van der Waals surface area contributed by atoms with Crippen molar-refractivity contribution in [3.8, 4) is 11.5 Å². The number of carbonyl (C=O) groups excluding carboxylic acids is 1. The maximum atomic E-state index is 11.8. The zero-order valence-electron chi connectivity index (χ0n) is 11.8. The van der Waals surface area contributed by atoms with Crippen molar-refractivity contribution in [3.63, 3.8) is 0 Å². The fraction of sp³-hybridized carbons (Fsp3) is 0.417. The average molecular weight is 302 g/mol. The summed E-state index contributed by atoms with van der Waals surface area (Å²) < 4.78 is 34.8. The number of nitrogens with one attached hydrogen (secondary N) is 1. The zero-order valence-corrected chi connectivity index (χ0v) is 12.7. The summed E-state index contributed by atoms with van der Waals surface area (Å²) in [5.41, 5.74) is 0.328. The lowest BCUT2D eigenvalue weighted by Gasteiger charge is -2.22. The standard InChI is InChI=1S/C12H18N2O5S/c1-13-12(15)8-14(20(4,16)17)9-5-6-10(18-2)11(7-9)19-3/h5-7H,8H2,1-4H3,(H,13,15). The van der Waals surface area contributed by atoms with E-state index in [0.29, 0.717) is 17.2 Å². The number of nitrogens with zero attached hydrogens (tertiary/aromatic N) is 1. The van der Waals surface area contributed by atoms with Crippen molar-refractivity contribution in [2.45, 2.75) is 0 Å². The minimum absolute atomic E-state index is 0.301. The van der Waals surface area contributed by atoms with Gasteiger partial charge in [-0.2, -0.15) is 0 Å². The molecule has 0 radical (unpaired) electrons. The van der Waals surface area contributed by atoms with Gasteiger partial charge in [0.2, 0.25) is 15.9 Å². The SMILES string of the molecule is CNC(=O)CN(c1ccc(OC)c(OC)c1)S(C)(=O)=O. The highest BCUT2D eigenvalue weighted by Crippen LogP contribution is 2.32. The van der Waals surface area contributed by atoms with Crippen LogP contribution in [0.2, 0.25) is 0 Å². The van der Waals surface area contributed by atoms with Gasteiger partial charge in [-0.1, -0.05) is 0 Å². The molecule has 0 aliphatic heterocycles. The van der Waals surface area contributed by atoms with E-state index in [1.807, 2.05) is 0 Å². The number of amides is 1. The van der Waals surface area contributed by atoms with Gasteiger partial charge in [0.15, 0.2) is 11.5 Å². The first-order valence-corrected chi connectivity index (χ1v) is 7.58. The summed E-state index contributed by atoms with van der Waals surface area (Å²) >= 11 is 0. The molecule has 0 fully saturated rings. The maximum Gasteiger partial charge on any atom is 0.240 e. The molecule has 0 spiro atoms. The number of carbonyl (C=O) groups is 1. The number of benzene rings is 1. The lowest BCUT2D eigenvalue weighted by molar-refractivity contribution is -0.119. The number of ether oxygens (including phenoxy) is 2. The van der Waals surface area contributed by atoms with Gasteiger partial charge in [0.1, 0.15) is 6.54 Å². The largest absolute Gasteiger partial charge is 0.493 e. The maximum absolute atomic E-state index is 11.8. The van der Waals surface area contributed by atoms with Crippen LogP contribution in [0.3, 0.4) is 0 Å². The minimum Gasteiger partial charge on any atom is -0.493 e. The number of rotatable bonds is 6. The van der Waals surface area contributed by atoms with Crippen molar-refractivity contribution >= 4 is 21.6 Å². The summed E-state index contributed by atoms with van der Waals surface area (Å²) in [6, 6.07) is 4.63. The van der Waals surface area contributed by atoms with Gasteiger partial charge in [-0.05, 0) is 12.1 Å². The van der Waals surface area contributed by atoms with E-state index in [0.717, 1.165) is 10.6 Å². The summed E-state index contributed by atoms with van der Waals surface area (Å²) in [4.78, 5) is 11.4. The lowest BCUT2D eigenvalue weighted by Crippen LogP contribution is -2.39. The number of likely N-dealkylation sites (N-methyl/N-ethyl adjacent to an activating group) is 1. The number of hydrogen-bond acceptors (Lipinski definition) is 5. The van der Waals surface area contributed by atoms with Crippen LogP contribution in [0.25, 0.3) is 0 Å². The molecule has 1 aromatic carbocycles. The second-order valence-corrected chi connectivity index (χ2v) is 5.89. The van der Waals surface area contributed by atoms with Crippen LogP contribution in [0.4, 0.5) is 5.69 Å². The number of methoxy groups -OCH3 is 2. The number of hydrogen-bond donors (Lipinski definition) is 1. The molecule has 0 atom stereocenters. The Morgan fingerprint density at radius 3 is 2.30 bits per heavy atom. The third kappa shape index (κ3) is 3.77. The van der Waals surface area contributed by atoms with Gasteiger partial charge < -0.3 is 14.8 Å². The Morgan fingerprint density at radius 2 is 1.85 bits per heavy atom. The van der Waals surface area contributed by atoms with E-state index in [1.54, 1.807) is 12.1 Å². The van der Waals surface area contributed by atoms with Gasteiger partial charge in [0.25, 0.3) is 0 Å². The molecule has 8 heteroatoms. The average Bonchev–Trinajstić information content (AvgIpc) is 2.42. The second kappa shape index (κ2) is 6.47. The highest BCUT2D eigenvalue weighted by Gasteiger charge is 2.21. The summed E-state index contributed by atoms with van der Waals surface area (Å²) in [6.45, 7) is -0.301. The van der Waals surface area contributed by atoms with Crippen molar-refractivity contribution in [1.82, 2.24) is 5.32 Å². The Labute approximate surface area is 118 Å². The molecule has 0 unspecified atom stereocenters. The Kier molecular flexibility index (Phi) is 5.20. The molecule has 0 heterocycles. The van der Waals surface area contributed by atoms with Gasteiger partial charge in [0, 0.05) is 13.1 Å². The first-order valence-electron chi connectivity index (χ1n) is 5.73. The van der Waals surface area contributed by atoms with Crippen LogP contribution in [-0.4, -0.2) is 48.4 Å². The molecule has 1 N–H and O–H groups in total. The van der Waals surface area contributed by atoms with Crippen molar-refractivity contribution in [2.24, 2.45) is 0 Å². The Balaban J connectivity index is 3.24. The highest BCUT2D eigenvalue weighted by atomic mass is 32.2. The van der Waals surface area contributed by atoms with E-state index < -0.39 is 15.9 Å². The van der Waals surface area contributed by atoms with Crippen LogP contribution in [0.5, 0.6) is 11.5 Å². The Bertz CT molecular complexity index is 586. The van der Waals surface area contributed by atoms with Gasteiger partial charge in [-0.3, -0.25) is 9.10 Å². The van der Waals surface area contributed by atoms with Crippen LogP contribution in [0.15, 0.2) is 18.2 Å². The first-order chi connectivity index (χ1) is 9.33. The smallest absolute Gasteiger partial charge is 0.240 e. The van der Waals surface area contributed by atoms with Crippen LogP contribution < -0.4 is 19.1 Å². The quantitative estimate of drug-likeness (QED) is 0.812. The van der Waals surface area contributed by atoms with E-state index in [2.05, 4.69) is 5.32 Å². The summed E-state index contributed by atoms with van der Waals surface area (Å²) in [7, 11) is 0.782. The molecule has 0 aliphatic carbocycles. The van der Waals surface area contributed by atoms with Crippen molar-refractivity contribution in [2.75, 3.05) is 38.4 Å². The van der Waals surface area contributed by atoms with Crippen LogP contribution in [0.1, 0.15) is 0 Å². The molecule has 0 aromatic heterocycles. The predicted octanol–water partition coefficient (Wildman–Crippen LogP) is 0.216. The molecule has 0 saturated heterocycles. The van der Waals surface area contributed by atoms with Gasteiger partial charge in [-0.25, -0.2) is 8.42 Å². The van der Waals surface area contributed by atoms with Gasteiger partial charge in [-0.15, -0.1) is 0 Å². The molecule has 0 saturated carbocycles. The molecule has 1 amide bonds. The summed E-state index contributed by atoms with van der Waals surface area (Å²) in [6.07, 6.45) is 1.03. The molecule has 1 rings (SSSR count). The molecule has 20 heavy (non-hydrogen) atoms. The number of anilines is 1. The fourth-order valence-electron chi connectivity index (χ4n) is 1.59. The van der Waals surface area contributed by atoms with E-state index in [1.165, 1.54) is 27.3 Å². The molecular formula is C12H18N2O5S. The predicted molar refractivity (Wildman–Crippen MR) is 75.8 cm³/mol. The second-order valence-electron chi connectivity index (χ2n) is 3.98. The lowest BCUT2D eigenvalue weighted by atomic mass is 10.2. The van der Waals surface area contributed by atoms with E-state index in [9.17, 15) is 13.2 Å². The molecule has 1 aromatic rings. The third-order valence-electron chi connectivity index (χ3n) is 2.62. The van der Waals surface area contributed by atoms with Gasteiger partial charge in [0.05, 0.1) is 26.2 Å². The molecule has 7 nitrogen and oxygen atoms in total. The first kappa shape index (κ1) is 16.1. The monoisotopic (exact) mass is 302 g/mol. The molecular weight excluding hydrogens is 284 g/mol. The molecule has 0 bridgehead atoms. The van der Waals surface area contributed by atoms with E-state index >= 15 is 0 Å². The van der Waals surface area contributed by atoms with Crippen LogP contribution in [-0.2, 0) is 14.8 Å². The Hall–Kier alpha value is -1.96. The Morgan fingerprint density at radius 1 is 1.25 bits per heavy atom. The van der Waals surface area contributed by atoms with E-state index in [4.69, 9.17) is 9.47 Å². The zero-order chi connectivity index (χ0) is 15.3. The molecule has 112 valence electrons.